The van der Waals surface area contributed by atoms with E-state index in [0.29, 0.717) is 11.3 Å². The van der Waals surface area contributed by atoms with Crippen molar-refractivity contribution >= 4 is 23.5 Å². The highest BCUT2D eigenvalue weighted by atomic mass is 16.2. The molecule has 2 atom stereocenters. The summed E-state index contributed by atoms with van der Waals surface area (Å²) in [5.41, 5.74) is 5.42. The number of nitrogens with one attached hydrogen (secondary N) is 3. The highest BCUT2D eigenvalue weighted by Crippen LogP contribution is 2.26. The van der Waals surface area contributed by atoms with Crippen LogP contribution in [0.2, 0.25) is 0 Å². The summed E-state index contributed by atoms with van der Waals surface area (Å²) in [6.07, 6.45) is 0. The fraction of sp³-hybridized carbons (Fsp3) is 0.308. The molecular formula is C13H16N4O3. The quantitative estimate of drug-likeness (QED) is 0.583. The summed E-state index contributed by atoms with van der Waals surface area (Å²) in [5, 5.41) is 7.39. The van der Waals surface area contributed by atoms with Gasteiger partial charge in [0.25, 0.3) is 5.91 Å². The van der Waals surface area contributed by atoms with Crippen LogP contribution in [0.5, 0.6) is 0 Å². The van der Waals surface area contributed by atoms with Crippen LogP contribution in [0.1, 0.15) is 19.4 Å². The number of nitrogens with two attached hydrogens (primary N) is 1. The first kappa shape index (κ1) is 14.0. The van der Waals surface area contributed by atoms with E-state index in [9.17, 15) is 14.4 Å². The molecule has 1 saturated heterocycles. The topological polar surface area (TPSA) is 113 Å². The second-order valence-electron chi connectivity index (χ2n) is 4.89. The van der Waals surface area contributed by atoms with Gasteiger partial charge in [0.15, 0.2) is 0 Å². The number of rotatable bonds is 3. The van der Waals surface area contributed by atoms with Crippen LogP contribution in [0.3, 0.4) is 0 Å². The molecule has 0 aromatic heterocycles. The minimum absolute atomic E-state index is 0.327. The molecule has 20 heavy (non-hydrogen) atoms. The second-order valence-corrected chi connectivity index (χ2v) is 4.89. The van der Waals surface area contributed by atoms with Crippen molar-refractivity contribution in [3.8, 4) is 0 Å². The summed E-state index contributed by atoms with van der Waals surface area (Å²) in [6, 6.07) is 5.53. The Bertz CT molecular complexity index is 585. The van der Waals surface area contributed by atoms with Crippen LogP contribution in [0.25, 0.3) is 0 Å². The molecule has 1 aliphatic rings. The third-order valence-corrected chi connectivity index (χ3v) is 3.17. The molecule has 0 spiro atoms. The van der Waals surface area contributed by atoms with Crippen molar-refractivity contribution in [2.24, 2.45) is 5.73 Å². The zero-order valence-electron chi connectivity index (χ0n) is 11.2. The molecule has 4 amide bonds. The Morgan fingerprint density at radius 1 is 1.40 bits per heavy atom. The maximum atomic E-state index is 11.8. The van der Waals surface area contributed by atoms with Crippen molar-refractivity contribution in [1.29, 1.82) is 0 Å². The normalized spacial score (nSPS) is 22.9. The van der Waals surface area contributed by atoms with Gasteiger partial charge in [0.1, 0.15) is 5.54 Å². The summed E-state index contributed by atoms with van der Waals surface area (Å²) in [6.45, 7) is 3.17. The van der Waals surface area contributed by atoms with Gasteiger partial charge in [-0.05, 0) is 31.5 Å². The van der Waals surface area contributed by atoms with Gasteiger partial charge in [-0.2, -0.15) is 0 Å². The Labute approximate surface area is 115 Å². The average Bonchev–Trinajstić information content (AvgIpc) is 2.64. The SMILES string of the molecule is CC(N)C(=O)Nc1cccc(C2(C)NC(=O)NC2=O)c1. The third kappa shape index (κ3) is 2.48. The summed E-state index contributed by atoms with van der Waals surface area (Å²) in [5.74, 6) is -0.759. The Kier molecular flexibility index (Phi) is 3.46. The van der Waals surface area contributed by atoms with Gasteiger partial charge in [0, 0.05) is 5.69 Å². The van der Waals surface area contributed by atoms with Crippen molar-refractivity contribution < 1.29 is 14.4 Å². The number of carbonyl (C=O) groups is 3. The smallest absolute Gasteiger partial charge is 0.322 e. The van der Waals surface area contributed by atoms with Crippen molar-refractivity contribution in [1.82, 2.24) is 10.6 Å². The second kappa shape index (κ2) is 4.93. The van der Waals surface area contributed by atoms with Crippen molar-refractivity contribution in [3.63, 3.8) is 0 Å². The van der Waals surface area contributed by atoms with Crippen LogP contribution in [0, 0.1) is 0 Å². The first-order valence-electron chi connectivity index (χ1n) is 6.13. The lowest BCUT2D eigenvalue weighted by atomic mass is 9.92. The molecule has 0 radical (unpaired) electrons. The molecular weight excluding hydrogens is 260 g/mol. The van der Waals surface area contributed by atoms with E-state index in [2.05, 4.69) is 16.0 Å². The molecule has 1 aromatic carbocycles. The van der Waals surface area contributed by atoms with Gasteiger partial charge in [0.05, 0.1) is 6.04 Å². The minimum atomic E-state index is -1.15. The predicted molar refractivity (Wildman–Crippen MR) is 72.7 cm³/mol. The van der Waals surface area contributed by atoms with E-state index in [-0.39, 0.29) is 5.91 Å². The molecule has 2 rings (SSSR count). The average molecular weight is 276 g/mol. The lowest BCUT2D eigenvalue weighted by Gasteiger charge is -2.21. The fourth-order valence-electron chi connectivity index (χ4n) is 1.91. The Hall–Kier alpha value is -2.41. The number of hydrogen-bond donors (Lipinski definition) is 4. The number of carbonyl (C=O) groups excluding carboxylic acids is 3. The van der Waals surface area contributed by atoms with Gasteiger partial charge < -0.3 is 16.4 Å². The van der Waals surface area contributed by atoms with E-state index >= 15 is 0 Å². The highest BCUT2D eigenvalue weighted by molar-refractivity contribution is 6.07. The van der Waals surface area contributed by atoms with Gasteiger partial charge in [-0.15, -0.1) is 0 Å². The van der Waals surface area contributed by atoms with E-state index in [0.717, 1.165) is 0 Å². The zero-order chi connectivity index (χ0) is 14.9. The standard InChI is InChI=1S/C13H16N4O3/c1-7(14)10(18)15-9-5-3-4-8(6-9)13(2)11(19)16-12(20)17-13/h3-7H,14H2,1-2H3,(H,15,18)(H2,16,17,19,20). The van der Waals surface area contributed by atoms with E-state index in [1.54, 1.807) is 38.1 Å². The van der Waals surface area contributed by atoms with Crippen molar-refractivity contribution in [2.75, 3.05) is 5.32 Å². The van der Waals surface area contributed by atoms with E-state index < -0.39 is 23.5 Å². The molecule has 1 aromatic rings. The number of amides is 4. The number of urea groups is 1. The lowest BCUT2D eigenvalue weighted by Crippen LogP contribution is -2.40. The molecule has 0 aliphatic carbocycles. The van der Waals surface area contributed by atoms with Gasteiger partial charge in [-0.25, -0.2) is 4.79 Å². The summed E-state index contributed by atoms with van der Waals surface area (Å²) in [7, 11) is 0. The van der Waals surface area contributed by atoms with Crippen molar-refractivity contribution in [2.45, 2.75) is 25.4 Å². The first-order chi connectivity index (χ1) is 9.33. The molecule has 2 unspecified atom stereocenters. The van der Waals surface area contributed by atoms with E-state index in [1.165, 1.54) is 0 Å². The van der Waals surface area contributed by atoms with Crippen LogP contribution in [-0.4, -0.2) is 23.9 Å². The van der Waals surface area contributed by atoms with Gasteiger partial charge >= 0.3 is 6.03 Å². The van der Waals surface area contributed by atoms with Crippen LogP contribution >= 0.6 is 0 Å². The van der Waals surface area contributed by atoms with Gasteiger partial charge in [-0.3, -0.25) is 14.9 Å². The first-order valence-corrected chi connectivity index (χ1v) is 6.13. The number of hydrogen-bond acceptors (Lipinski definition) is 4. The summed E-state index contributed by atoms with van der Waals surface area (Å²) in [4.78, 5) is 34.7. The van der Waals surface area contributed by atoms with Crippen LogP contribution < -0.4 is 21.7 Å². The van der Waals surface area contributed by atoms with Crippen LogP contribution in [0.4, 0.5) is 10.5 Å². The summed E-state index contributed by atoms with van der Waals surface area (Å²) < 4.78 is 0. The third-order valence-electron chi connectivity index (χ3n) is 3.17. The van der Waals surface area contributed by atoms with E-state index in [4.69, 9.17) is 5.73 Å². The van der Waals surface area contributed by atoms with Crippen LogP contribution in [0.15, 0.2) is 24.3 Å². The molecule has 0 saturated carbocycles. The molecule has 0 bridgehead atoms. The predicted octanol–water partition coefficient (Wildman–Crippen LogP) is 0.0269. The Balaban J connectivity index is 2.28. The Morgan fingerprint density at radius 3 is 2.65 bits per heavy atom. The number of anilines is 1. The molecule has 7 heteroatoms. The maximum absolute atomic E-state index is 11.8. The molecule has 7 nitrogen and oxygen atoms in total. The molecule has 1 heterocycles. The highest BCUT2D eigenvalue weighted by Gasteiger charge is 2.43. The van der Waals surface area contributed by atoms with Gasteiger partial charge in [-0.1, -0.05) is 12.1 Å². The molecule has 5 N–H and O–H groups in total. The van der Waals surface area contributed by atoms with Gasteiger partial charge in [0.2, 0.25) is 5.91 Å². The van der Waals surface area contributed by atoms with E-state index in [1.807, 2.05) is 0 Å². The monoisotopic (exact) mass is 276 g/mol. The fourth-order valence-corrected chi connectivity index (χ4v) is 1.91. The minimum Gasteiger partial charge on any atom is -0.325 e. The maximum Gasteiger partial charge on any atom is 0.322 e. The number of benzene rings is 1. The molecule has 1 aliphatic heterocycles. The van der Waals surface area contributed by atoms with Crippen LogP contribution in [-0.2, 0) is 15.1 Å². The Morgan fingerprint density at radius 2 is 2.10 bits per heavy atom. The van der Waals surface area contributed by atoms with Crippen molar-refractivity contribution in [3.05, 3.63) is 29.8 Å². The lowest BCUT2D eigenvalue weighted by molar-refractivity contribution is -0.123. The molecule has 106 valence electrons. The number of imide groups is 1. The molecule has 1 fully saturated rings. The largest absolute Gasteiger partial charge is 0.325 e. The summed E-state index contributed by atoms with van der Waals surface area (Å²) >= 11 is 0. The zero-order valence-corrected chi connectivity index (χ0v) is 11.2.